The number of carbonyl (C=O) groups excluding carboxylic acids is 2. The number of ether oxygens (including phenoxy) is 2. The van der Waals surface area contributed by atoms with Crippen LogP contribution in [-0.4, -0.2) is 51.5 Å². The Morgan fingerprint density at radius 2 is 1.55 bits per heavy atom. The van der Waals surface area contributed by atoms with Crippen molar-refractivity contribution in [3.05, 3.63) is 70.8 Å². The minimum Gasteiger partial charge on any atom is -0.382 e. The highest BCUT2D eigenvalue weighted by molar-refractivity contribution is 6.07. The molecule has 2 aromatic rings. The average Bonchev–Trinajstić information content (AvgIpc) is 3.40. The monoisotopic (exact) mass is 392 g/mol. The van der Waals surface area contributed by atoms with Crippen molar-refractivity contribution in [1.29, 1.82) is 0 Å². The zero-order chi connectivity index (χ0) is 21.0. The summed E-state index contributed by atoms with van der Waals surface area (Å²) in [6.45, 7) is 3.72. The van der Waals surface area contributed by atoms with Gasteiger partial charge in [-0.05, 0) is 13.8 Å². The fourth-order valence-electron chi connectivity index (χ4n) is 3.73. The first-order valence-corrected chi connectivity index (χ1v) is 9.18. The lowest BCUT2D eigenvalue weighted by Crippen LogP contribution is -2.61. The molecule has 0 spiro atoms. The van der Waals surface area contributed by atoms with Gasteiger partial charge in [0.15, 0.2) is 5.78 Å². The van der Waals surface area contributed by atoms with E-state index in [1.807, 2.05) is 13.8 Å². The Balaban J connectivity index is 1.72. The molecule has 2 aliphatic heterocycles. The van der Waals surface area contributed by atoms with E-state index in [0.29, 0.717) is 0 Å². The minimum atomic E-state index is -2.42. The van der Waals surface area contributed by atoms with Crippen LogP contribution in [0.2, 0.25) is 0 Å². The molecule has 5 atom stereocenters. The second-order valence-electron chi connectivity index (χ2n) is 7.52. The number of terminal acetylenes is 1. The van der Waals surface area contributed by atoms with Gasteiger partial charge in [-0.15, -0.1) is 6.42 Å². The Bertz CT molecular complexity index is 1020. The molecule has 0 bridgehead atoms. The lowest BCUT2D eigenvalue weighted by Gasteiger charge is -2.34. The number of fused-ring (bicyclic) bond motifs is 1. The van der Waals surface area contributed by atoms with Gasteiger partial charge in [-0.3, -0.25) is 9.59 Å². The zero-order valence-electron chi connectivity index (χ0n) is 16.0. The Kier molecular flexibility index (Phi) is 4.45. The number of epoxide rings is 1. The molecule has 6 nitrogen and oxygen atoms in total. The highest BCUT2D eigenvalue weighted by atomic mass is 16.8. The third-order valence-electron chi connectivity index (χ3n) is 5.58. The van der Waals surface area contributed by atoms with Gasteiger partial charge < -0.3 is 19.7 Å². The van der Waals surface area contributed by atoms with Crippen LogP contribution in [-0.2, 0) is 9.47 Å². The number of aliphatic hydroxyl groups is 2. The lowest BCUT2D eigenvalue weighted by molar-refractivity contribution is -0.143. The molecule has 0 saturated carbocycles. The number of hydrogen-bond donors (Lipinski definition) is 2. The molecule has 2 aliphatic rings. The van der Waals surface area contributed by atoms with E-state index >= 15 is 0 Å². The summed E-state index contributed by atoms with van der Waals surface area (Å²) in [6.07, 6.45) is 1.11. The predicted octanol–water partition coefficient (Wildman–Crippen LogP) is 1.59. The van der Waals surface area contributed by atoms with Crippen LogP contribution in [0.4, 0.5) is 0 Å². The van der Waals surface area contributed by atoms with Crippen LogP contribution in [0.15, 0.2) is 48.5 Å². The first kappa shape index (κ1) is 19.5. The second kappa shape index (κ2) is 6.61. The highest BCUT2D eigenvalue weighted by Crippen LogP contribution is 2.56. The molecule has 0 radical (unpaired) electrons. The Morgan fingerprint density at radius 3 is 2.07 bits per heavy atom. The maximum atomic E-state index is 13.3. The molecular weight excluding hydrogens is 372 g/mol. The van der Waals surface area contributed by atoms with Crippen molar-refractivity contribution in [3.63, 3.8) is 0 Å². The van der Waals surface area contributed by atoms with E-state index in [4.69, 9.17) is 15.9 Å². The second-order valence-corrected chi connectivity index (χ2v) is 7.52. The molecule has 2 heterocycles. The molecule has 0 amide bonds. The van der Waals surface area contributed by atoms with Crippen molar-refractivity contribution < 1.29 is 29.3 Å². The molecule has 0 aliphatic carbocycles. The standard InChI is InChI=1S/C23H20O6/c1-4-22-21(29-22)28-20(18(25)17(24)15-9-5-13(2)6-10-15)23(22,27)19(26)16-11-7-14(3)8-12-16/h1,5-12,18,20-21,25,27H,2-3H3/t18?,20-,21+,22+,23-/m1/s1. The summed E-state index contributed by atoms with van der Waals surface area (Å²) in [5, 5.41) is 22.2. The third kappa shape index (κ3) is 2.75. The number of aliphatic hydroxyl groups excluding tert-OH is 1. The molecule has 1 unspecified atom stereocenters. The number of aryl methyl sites for hydroxylation is 2. The van der Waals surface area contributed by atoms with E-state index in [9.17, 15) is 19.8 Å². The number of hydrogen-bond acceptors (Lipinski definition) is 6. The Morgan fingerprint density at radius 1 is 1.03 bits per heavy atom. The fourth-order valence-corrected chi connectivity index (χ4v) is 3.73. The molecule has 2 fully saturated rings. The highest BCUT2D eigenvalue weighted by Gasteiger charge is 2.82. The number of carbonyl (C=O) groups is 2. The molecule has 148 valence electrons. The number of Topliss-reactive ketones (excluding diaryl/α,β-unsaturated/α-hetero) is 2. The molecule has 2 N–H and O–H groups in total. The van der Waals surface area contributed by atoms with E-state index < -0.39 is 41.3 Å². The van der Waals surface area contributed by atoms with Crippen molar-refractivity contribution in [2.45, 2.75) is 43.5 Å². The Hall–Kier alpha value is -2.82. The van der Waals surface area contributed by atoms with E-state index in [-0.39, 0.29) is 11.1 Å². The normalized spacial score (nSPS) is 30.9. The molecule has 2 saturated heterocycles. The van der Waals surface area contributed by atoms with Gasteiger partial charge in [0.2, 0.25) is 23.3 Å². The third-order valence-corrected chi connectivity index (χ3v) is 5.58. The zero-order valence-corrected chi connectivity index (χ0v) is 16.0. The van der Waals surface area contributed by atoms with Gasteiger partial charge >= 0.3 is 0 Å². The van der Waals surface area contributed by atoms with Gasteiger partial charge in [-0.1, -0.05) is 65.6 Å². The summed E-state index contributed by atoms with van der Waals surface area (Å²) in [6, 6.07) is 13.1. The molecule has 6 heteroatoms. The lowest BCUT2D eigenvalue weighted by atomic mass is 9.76. The van der Waals surface area contributed by atoms with Crippen LogP contribution in [0.5, 0.6) is 0 Å². The topological polar surface area (TPSA) is 96.4 Å². The summed E-state index contributed by atoms with van der Waals surface area (Å²) in [5.74, 6) is 0.848. The van der Waals surface area contributed by atoms with E-state index in [1.165, 1.54) is 0 Å². The van der Waals surface area contributed by atoms with E-state index in [2.05, 4.69) is 5.92 Å². The molecule has 4 rings (SSSR count). The Labute approximate surface area is 168 Å². The largest absolute Gasteiger partial charge is 0.382 e. The van der Waals surface area contributed by atoms with Gasteiger partial charge in [0, 0.05) is 11.1 Å². The fraction of sp³-hybridized carbons (Fsp3) is 0.304. The van der Waals surface area contributed by atoms with Crippen molar-refractivity contribution in [1.82, 2.24) is 0 Å². The SMILES string of the molecule is C#C[C@]12O[C@@H]1O[C@H](C(O)C(=O)c1ccc(C)cc1)[C@]2(O)C(=O)c1ccc(C)cc1. The summed E-state index contributed by atoms with van der Waals surface area (Å²) < 4.78 is 10.8. The maximum Gasteiger partial charge on any atom is 0.220 e. The van der Waals surface area contributed by atoms with Crippen molar-refractivity contribution in [2.24, 2.45) is 0 Å². The maximum absolute atomic E-state index is 13.3. The first-order chi connectivity index (χ1) is 13.7. The number of rotatable bonds is 5. The van der Waals surface area contributed by atoms with E-state index in [1.54, 1.807) is 48.5 Å². The molecule has 0 aromatic heterocycles. The molecular formula is C23H20O6. The van der Waals surface area contributed by atoms with Crippen molar-refractivity contribution in [3.8, 4) is 12.3 Å². The smallest absolute Gasteiger partial charge is 0.220 e. The molecule has 2 aromatic carbocycles. The summed E-state index contributed by atoms with van der Waals surface area (Å²) >= 11 is 0. The van der Waals surface area contributed by atoms with Crippen LogP contribution in [0.3, 0.4) is 0 Å². The minimum absolute atomic E-state index is 0.174. The van der Waals surface area contributed by atoms with Crippen LogP contribution in [0.25, 0.3) is 0 Å². The van der Waals surface area contributed by atoms with Gasteiger partial charge in [0.05, 0.1) is 0 Å². The summed E-state index contributed by atoms with van der Waals surface area (Å²) in [5.41, 5.74) is -1.88. The van der Waals surface area contributed by atoms with Gasteiger partial charge in [0.1, 0.15) is 12.2 Å². The van der Waals surface area contributed by atoms with Crippen LogP contribution in [0.1, 0.15) is 31.8 Å². The number of ketones is 2. The van der Waals surface area contributed by atoms with Crippen LogP contribution < -0.4 is 0 Å². The van der Waals surface area contributed by atoms with Crippen molar-refractivity contribution >= 4 is 11.6 Å². The van der Waals surface area contributed by atoms with Crippen LogP contribution >= 0.6 is 0 Å². The first-order valence-electron chi connectivity index (χ1n) is 9.18. The van der Waals surface area contributed by atoms with Gasteiger partial charge in [0.25, 0.3) is 0 Å². The van der Waals surface area contributed by atoms with Crippen molar-refractivity contribution in [2.75, 3.05) is 0 Å². The van der Waals surface area contributed by atoms with E-state index in [0.717, 1.165) is 11.1 Å². The number of benzene rings is 2. The molecule has 29 heavy (non-hydrogen) atoms. The summed E-state index contributed by atoms with van der Waals surface area (Å²) in [4.78, 5) is 26.1. The summed E-state index contributed by atoms with van der Waals surface area (Å²) in [7, 11) is 0. The average molecular weight is 392 g/mol. The predicted molar refractivity (Wildman–Crippen MR) is 103 cm³/mol. The van der Waals surface area contributed by atoms with Gasteiger partial charge in [-0.2, -0.15) is 0 Å². The van der Waals surface area contributed by atoms with Gasteiger partial charge in [-0.25, -0.2) is 0 Å². The quantitative estimate of drug-likeness (QED) is 0.456. The van der Waals surface area contributed by atoms with Crippen LogP contribution in [0, 0.1) is 26.2 Å².